The summed E-state index contributed by atoms with van der Waals surface area (Å²) in [4.78, 5) is 38.3. The van der Waals surface area contributed by atoms with Crippen molar-refractivity contribution in [2.24, 2.45) is 0 Å². The molecule has 6 nitrogen and oxygen atoms in total. The van der Waals surface area contributed by atoms with Gasteiger partial charge in [0, 0.05) is 19.3 Å². The Balaban J connectivity index is 4.24. The molecule has 0 aromatic carbocycles. The van der Waals surface area contributed by atoms with Gasteiger partial charge < -0.3 is 14.2 Å². The molecule has 0 aliphatic rings. The first-order valence-corrected chi connectivity index (χ1v) is 34.5. The number of carbonyl (C=O) groups excluding carboxylic acids is 3. The summed E-state index contributed by atoms with van der Waals surface area (Å²) in [6.07, 6.45) is 96.7. The maximum atomic E-state index is 12.9. The lowest BCUT2D eigenvalue weighted by molar-refractivity contribution is -0.166. The number of esters is 3. The van der Waals surface area contributed by atoms with Crippen molar-refractivity contribution in [1.29, 1.82) is 0 Å². The van der Waals surface area contributed by atoms with E-state index in [-0.39, 0.29) is 37.5 Å². The first-order valence-electron chi connectivity index (χ1n) is 34.5. The van der Waals surface area contributed by atoms with E-state index in [1.807, 2.05) is 6.08 Å². The Kier molecular flexibility index (Phi) is 65.8. The molecule has 0 radical (unpaired) electrons. The Bertz CT molecular complexity index is 1690. The van der Waals surface area contributed by atoms with Crippen molar-refractivity contribution in [1.82, 2.24) is 0 Å². The molecule has 0 amide bonds. The van der Waals surface area contributed by atoms with E-state index in [4.69, 9.17) is 14.2 Å². The van der Waals surface area contributed by atoms with E-state index >= 15 is 0 Å². The van der Waals surface area contributed by atoms with Gasteiger partial charge in [0.15, 0.2) is 6.10 Å². The van der Waals surface area contributed by atoms with Crippen molar-refractivity contribution in [3.63, 3.8) is 0 Å². The number of ether oxygens (including phenoxy) is 3. The second-order valence-corrected chi connectivity index (χ2v) is 22.7. The number of allylic oxidation sites excluding steroid dienone is 20. The largest absolute Gasteiger partial charge is 0.462 e. The van der Waals surface area contributed by atoms with Crippen molar-refractivity contribution in [2.45, 2.75) is 329 Å². The fourth-order valence-electron chi connectivity index (χ4n) is 9.64. The highest BCUT2D eigenvalue weighted by molar-refractivity contribution is 5.71. The highest BCUT2D eigenvalue weighted by Crippen LogP contribution is 2.17. The van der Waals surface area contributed by atoms with Gasteiger partial charge in [0.25, 0.3) is 0 Å². The van der Waals surface area contributed by atoms with Gasteiger partial charge in [-0.3, -0.25) is 14.4 Å². The maximum Gasteiger partial charge on any atom is 0.306 e. The lowest BCUT2D eigenvalue weighted by Gasteiger charge is -2.18. The average Bonchev–Trinajstić information content (AvgIpc) is 3.47. The molecule has 0 aromatic heterocycles. The van der Waals surface area contributed by atoms with Gasteiger partial charge in [-0.05, 0) is 96.3 Å². The topological polar surface area (TPSA) is 78.9 Å². The Hall–Kier alpha value is -4.19. The van der Waals surface area contributed by atoms with E-state index in [1.54, 1.807) is 0 Å². The molecule has 0 aromatic rings. The summed E-state index contributed by atoms with van der Waals surface area (Å²) in [6.45, 7) is 6.38. The lowest BCUT2D eigenvalue weighted by atomic mass is 10.0. The third-order valence-electron chi connectivity index (χ3n) is 14.7. The van der Waals surface area contributed by atoms with Crippen LogP contribution in [0.25, 0.3) is 0 Å². The molecule has 0 aliphatic carbocycles. The molecule has 0 saturated heterocycles. The molecule has 6 heteroatoms. The molecule has 0 N–H and O–H groups in total. The van der Waals surface area contributed by atoms with Crippen LogP contribution in [0.15, 0.2) is 122 Å². The third-order valence-corrected chi connectivity index (χ3v) is 14.7. The van der Waals surface area contributed by atoms with Crippen molar-refractivity contribution < 1.29 is 28.6 Å². The molecule has 0 heterocycles. The van der Waals surface area contributed by atoms with Crippen molar-refractivity contribution in [3.8, 4) is 0 Å². The summed E-state index contributed by atoms with van der Waals surface area (Å²) < 4.78 is 16.9. The van der Waals surface area contributed by atoms with Crippen LogP contribution in [0.3, 0.4) is 0 Å². The van der Waals surface area contributed by atoms with Crippen LogP contribution in [0.1, 0.15) is 323 Å². The van der Waals surface area contributed by atoms with Gasteiger partial charge in [-0.2, -0.15) is 0 Å². The van der Waals surface area contributed by atoms with Gasteiger partial charge >= 0.3 is 17.9 Å². The normalized spacial score (nSPS) is 12.9. The molecule has 0 aliphatic heterocycles. The fourth-order valence-corrected chi connectivity index (χ4v) is 9.64. The molecule has 468 valence electrons. The summed E-state index contributed by atoms with van der Waals surface area (Å²) in [5.74, 6) is -0.972. The molecular weight excluding hydrogens is 1010 g/mol. The second-order valence-electron chi connectivity index (χ2n) is 22.7. The standard InChI is InChI=1S/C76H128O6/c1-4-7-10-13-16-19-22-25-27-29-31-32-33-34-35-36-37-38-39-40-41-42-43-44-45-47-48-51-54-57-60-63-66-69-75(78)81-72-73(71-80-74(77)68-65-62-59-56-53-50-24-21-18-15-12-9-6-3)82-76(79)70-67-64-61-58-55-52-49-46-30-28-26-23-20-17-14-11-8-5-2/h7,9-10,12,16,18-19,21,25,27,31-32,34-35,37-38,50,53,59,62,73H,4-6,8,11,13-15,17,20,22-24,26,28-30,33,36,39-49,51-52,54-58,60-61,63-72H2,1-3H3/b10-7-,12-9-,19-16-,21-18-,27-25-,32-31-,35-34-,38-37-,53-50-,62-59-. The SMILES string of the molecule is CC/C=C\C/C=C\C/C=C\C/C=C\C/C=C\C/C=C\CCCCCCCCCCCCCCCCC(=O)OCC(COC(=O)CC/C=C\C/C=C\C/C=C\C/C=C\CC)OC(=O)CCCCCCCCCCCCCCCCCCCC. The summed E-state index contributed by atoms with van der Waals surface area (Å²) in [5.41, 5.74) is 0. The van der Waals surface area contributed by atoms with Crippen LogP contribution >= 0.6 is 0 Å². The van der Waals surface area contributed by atoms with Crippen molar-refractivity contribution >= 4 is 17.9 Å². The van der Waals surface area contributed by atoms with Crippen LogP contribution in [-0.4, -0.2) is 37.2 Å². The monoisotopic (exact) mass is 1140 g/mol. The molecule has 0 bridgehead atoms. The minimum Gasteiger partial charge on any atom is -0.462 e. The second kappa shape index (κ2) is 69.3. The third kappa shape index (κ3) is 66.6. The Labute approximate surface area is 507 Å². The van der Waals surface area contributed by atoms with Crippen LogP contribution < -0.4 is 0 Å². The van der Waals surface area contributed by atoms with Crippen LogP contribution in [0.2, 0.25) is 0 Å². The molecule has 1 atom stereocenters. The molecule has 82 heavy (non-hydrogen) atoms. The summed E-state index contributed by atoms with van der Waals surface area (Å²) >= 11 is 0. The quantitative estimate of drug-likeness (QED) is 0.0261. The zero-order valence-electron chi connectivity index (χ0n) is 53.7. The highest BCUT2D eigenvalue weighted by Gasteiger charge is 2.19. The first-order chi connectivity index (χ1) is 40.5. The number of unbranched alkanes of at least 4 members (excludes halogenated alkanes) is 31. The van der Waals surface area contributed by atoms with Crippen LogP contribution in [-0.2, 0) is 28.6 Å². The van der Waals surface area contributed by atoms with E-state index in [9.17, 15) is 14.4 Å². The smallest absolute Gasteiger partial charge is 0.306 e. The summed E-state index contributed by atoms with van der Waals surface area (Å²) in [6, 6.07) is 0. The minimum atomic E-state index is -0.807. The van der Waals surface area contributed by atoms with Crippen LogP contribution in [0.5, 0.6) is 0 Å². The van der Waals surface area contributed by atoms with Gasteiger partial charge in [-0.15, -0.1) is 0 Å². The average molecular weight is 1140 g/mol. The predicted molar refractivity (Wildman–Crippen MR) is 357 cm³/mol. The molecule has 0 spiro atoms. The molecule has 0 fully saturated rings. The Morgan fingerprint density at radius 1 is 0.256 bits per heavy atom. The Morgan fingerprint density at radius 3 is 0.817 bits per heavy atom. The zero-order chi connectivity index (χ0) is 59.2. The van der Waals surface area contributed by atoms with Gasteiger partial charge in [0.1, 0.15) is 13.2 Å². The van der Waals surface area contributed by atoms with Gasteiger partial charge in [-0.1, -0.05) is 328 Å². The number of carbonyl (C=O) groups is 3. The first kappa shape index (κ1) is 77.8. The summed E-state index contributed by atoms with van der Waals surface area (Å²) in [5, 5.41) is 0. The van der Waals surface area contributed by atoms with Gasteiger partial charge in [-0.25, -0.2) is 0 Å². The van der Waals surface area contributed by atoms with Gasteiger partial charge in [0.05, 0.1) is 0 Å². The van der Waals surface area contributed by atoms with E-state index in [0.717, 1.165) is 103 Å². The van der Waals surface area contributed by atoms with Gasteiger partial charge in [0.2, 0.25) is 0 Å². The van der Waals surface area contributed by atoms with Crippen LogP contribution in [0.4, 0.5) is 0 Å². The molecule has 1 unspecified atom stereocenters. The molecule has 0 saturated carbocycles. The fraction of sp³-hybridized carbons (Fsp3) is 0.697. The maximum absolute atomic E-state index is 12.9. The number of rotatable bonds is 62. The van der Waals surface area contributed by atoms with Crippen molar-refractivity contribution in [3.05, 3.63) is 122 Å². The Morgan fingerprint density at radius 2 is 0.500 bits per heavy atom. The number of hydrogen-bond donors (Lipinski definition) is 0. The van der Waals surface area contributed by atoms with E-state index in [1.165, 1.54) is 173 Å². The highest BCUT2D eigenvalue weighted by atomic mass is 16.6. The van der Waals surface area contributed by atoms with Crippen LogP contribution in [0, 0.1) is 0 Å². The minimum absolute atomic E-state index is 0.0983. The summed E-state index contributed by atoms with van der Waals surface area (Å²) in [7, 11) is 0. The van der Waals surface area contributed by atoms with E-state index < -0.39 is 6.10 Å². The van der Waals surface area contributed by atoms with E-state index in [0.29, 0.717) is 19.3 Å². The molecule has 0 rings (SSSR count). The van der Waals surface area contributed by atoms with Crippen molar-refractivity contribution in [2.75, 3.05) is 13.2 Å². The lowest BCUT2D eigenvalue weighted by Crippen LogP contribution is -2.30. The molecular formula is C76H128O6. The zero-order valence-corrected chi connectivity index (χ0v) is 53.7. The predicted octanol–water partition coefficient (Wildman–Crippen LogP) is 23.9. The van der Waals surface area contributed by atoms with E-state index in [2.05, 4.69) is 136 Å². The number of hydrogen-bond acceptors (Lipinski definition) is 6.